The van der Waals surface area contributed by atoms with Gasteiger partial charge >= 0.3 is 0 Å². The Morgan fingerprint density at radius 2 is 1.68 bits per heavy atom. The standard InChI is InChI=1S/C27H41NO10/c1-10-23(31)14(28)8-18(37-10)38-17-7-11(15(30)9-29)6-13-20(17)27(35)22-21(25(13)33)24(32)12-4-3-5-16(36-2)19(12)26(22)34/h10-14,16-23,25,27,29,31,33,35H,3-9,28H2,1-2H3. The fraction of sp³-hybridized carbons (Fsp3) is 0.889. The van der Waals surface area contributed by atoms with Crippen molar-refractivity contribution < 1.29 is 49.0 Å². The molecule has 5 aliphatic rings. The lowest BCUT2D eigenvalue weighted by atomic mass is 9.50. The summed E-state index contributed by atoms with van der Waals surface area (Å²) in [5.74, 6) is -6.34. The molecule has 38 heavy (non-hydrogen) atoms. The van der Waals surface area contributed by atoms with Crippen LogP contribution in [-0.2, 0) is 28.6 Å². The van der Waals surface area contributed by atoms with Gasteiger partial charge in [0.2, 0.25) is 0 Å². The van der Waals surface area contributed by atoms with E-state index in [4.69, 9.17) is 19.9 Å². The van der Waals surface area contributed by atoms with Crippen LogP contribution in [0.2, 0.25) is 0 Å². The predicted octanol–water partition coefficient (Wildman–Crippen LogP) is -1.05. The van der Waals surface area contributed by atoms with Gasteiger partial charge in [-0.2, -0.15) is 0 Å². The van der Waals surface area contributed by atoms with Crippen LogP contribution in [0.4, 0.5) is 0 Å². The van der Waals surface area contributed by atoms with Crippen LogP contribution < -0.4 is 5.73 Å². The third-order valence-corrected chi connectivity index (χ3v) is 10.1. The molecule has 1 saturated heterocycles. The number of fused-ring (bicyclic) bond motifs is 3. The number of methoxy groups -OCH3 is 1. The Bertz CT molecular complexity index is 918. The second kappa shape index (κ2) is 10.9. The summed E-state index contributed by atoms with van der Waals surface area (Å²) in [5.41, 5.74) is 6.07. The number of carbonyl (C=O) groups excluding carboxylic acids is 3. The Labute approximate surface area is 222 Å². The summed E-state index contributed by atoms with van der Waals surface area (Å²) in [6, 6.07) is -0.601. The van der Waals surface area contributed by atoms with Crippen molar-refractivity contribution in [3.63, 3.8) is 0 Å². The molecular formula is C27H41NO10. The molecule has 0 aromatic rings. The van der Waals surface area contributed by atoms with E-state index in [1.54, 1.807) is 6.92 Å². The van der Waals surface area contributed by atoms with Crippen LogP contribution in [0, 0.1) is 41.4 Å². The Balaban J connectivity index is 1.47. The number of carbonyl (C=O) groups is 3. The van der Waals surface area contributed by atoms with E-state index in [1.165, 1.54) is 7.11 Å². The summed E-state index contributed by atoms with van der Waals surface area (Å²) >= 11 is 0. The van der Waals surface area contributed by atoms with Crippen molar-refractivity contribution in [1.29, 1.82) is 0 Å². The monoisotopic (exact) mass is 539 g/mol. The Kier molecular flexibility index (Phi) is 8.12. The van der Waals surface area contributed by atoms with Gasteiger partial charge in [-0.25, -0.2) is 0 Å². The number of aliphatic hydroxyl groups is 4. The Morgan fingerprint density at radius 3 is 2.34 bits per heavy atom. The normalized spacial score (nSPS) is 51.1. The fourth-order valence-electron chi connectivity index (χ4n) is 8.25. The van der Waals surface area contributed by atoms with Gasteiger partial charge in [0.15, 0.2) is 12.1 Å². The predicted molar refractivity (Wildman–Crippen MR) is 130 cm³/mol. The first-order valence-electron chi connectivity index (χ1n) is 13.9. The van der Waals surface area contributed by atoms with E-state index in [1.807, 2.05) is 0 Å². The lowest BCUT2D eigenvalue weighted by Gasteiger charge is -2.57. The molecule has 0 amide bonds. The third-order valence-electron chi connectivity index (χ3n) is 10.1. The topological polar surface area (TPSA) is 186 Å². The number of nitrogens with two attached hydrogens (primary N) is 1. The maximum Gasteiger partial charge on any atom is 0.161 e. The summed E-state index contributed by atoms with van der Waals surface area (Å²) in [6.07, 6.45) is -3.61. The highest BCUT2D eigenvalue weighted by atomic mass is 16.7. The lowest BCUT2D eigenvalue weighted by Crippen LogP contribution is -2.68. The van der Waals surface area contributed by atoms with Crippen LogP contribution >= 0.6 is 0 Å². The largest absolute Gasteiger partial charge is 0.392 e. The number of ether oxygens (including phenoxy) is 3. The van der Waals surface area contributed by atoms with Crippen molar-refractivity contribution in [3.8, 4) is 0 Å². The van der Waals surface area contributed by atoms with Gasteiger partial charge in [-0.15, -0.1) is 0 Å². The Morgan fingerprint density at radius 1 is 0.974 bits per heavy atom. The van der Waals surface area contributed by atoms with Gasteiger partial charge in [-0.1, -0.05) is 6.42 Å². The lowest BCUT2D eigenvalue weighted by molar-refractivity contribution is -0.271. The Hall–Kier alpha value is -1.31. The zero-order valence-electron chi connectivity index (χ0n) is 21.9. The number of rotatable bonds is 5. The SMILES string of the molecule is COC1CCCC2C(=O)C3C(O)C4CC(C(=O)CO)CC(OC5CC(N)C(O)C(C)O5)C4C(O)C3C(=O)C12. The van der Waals surface area contributed by atoms with E-state index in [2.05, 4.69) is 0 Å². The average molecular weight is 540 g/mol. The van der Waals surface area contributed by atoms with Gasteiger partial charge < -0.3 is 40.4 Å². The molecule has 0 radical (unpaired) electrons. The average Bonchev–Trinajstić information content (AvgIpc) is 2.90. The maximum absolute atomic E-state index is 13.9. The summed E-state index contributed by atoms with van der Waals surface area (Å²) in [5, 5.41) is 43.1. The first kappa shape index (κ1) is 28.2. The van der Waals surface area contributed by atoms with Crippen molar-refractivity contribution in [2.45, 2.75) is 94.4 Å². The first-order valence-corrected chi connectivity index (χ1v) is 13.9. The van der Waals surface area contributed by atoms with Gasteiger partial charge in [-0.3, -0.25) is 14.4 Å². The molecule has 214 valence electrons. The summed E-state index contributed by atoms with van der Waals surface area (Å²) in [6.45, 7) is 0.998. The van der Waals surface area contributed by atoms with E-state index in [0.29, 0.717) is 12.8 Å². The van der Waals surface area contributed by atoms with Crippen LogP contribution in [0.15, 0.2) is 0 Å². The molecule has 0 aromatic carbocycles. The van der Waals surface area contributed by atoms with Crippen LogP contribution in [-0.4, -0.2) is 100 Å². The highest BCUT2D eigenvalue weighted by molar-refractivity contribution is 6.01. The molecule has 0 bridgehead atoms. The molecule has 6 N–H and O–H groups in total. The van der Waals surface area contributed by atoms with E-state index in [9.17, 15) is 34.8 Å². The quantitative estimate of drug-likeness (QED) is 0.287. The summed E-state index contributed by atoms with van der Waals surface area (Å²) < 4.78 is 17.7. The van der Waals surface area contributed by atoms with Crippen molar-refractivity contribution in [3.05, 3.63) is 0 Å². The smallest absolute Gasteiger partial charge is 0.161 e. The van der Waals surface area contributed by atoms with E-state index < -0.39 is 103 Å². The highest BCUT2D eigenvalue weighted by Gasteiger charge is 2.64. The molecule has 15 atom stereocenters. The molecule has 4 saturated carbocycles. The van der Waals surface area contributed by atoms with Gasteiger partial charge in [0.05, 0.1) is 54.4 Å². The second-order valence-electron chi connectivity index (χ2n) is 12.0. The van der Waals surface area contributed by atoms with Crippen molar-refractivity contribution in [2.75, 3.05) is 13.7 Å². The number of hydrogen-bond acceptors (Lipinski definition) is 11. The van der Waals surface area contributed by atoms with Crippen LogP contribution in [0.5, 0.6) is 0 Å². The van der Waals surface area contributed by atoms with Crippen LogP contribution in [0.3, 0.4) is 0 Å². The molecule has 5 rings (SSSR count). The van der Waals surface area contributed by atoms with Crippen molar-refractivity contribution >= 4 is 17.3 Å². The molecule has 1 aliphatic heterocycles. The number of aliphatic hydroxyl groups excluding tert-OH is 4. The van der Waals surface area contributed by atoms with Gasteiger partial charge in [0.1, 0.15) is 18.2 Å². The fourth-order valence-corrected chi connectivity index (χ4v) is 8.25. The molecule has 11 nitrogen and oxygen atoms in total. The minimum atomic E-state index is -1.28. The molecule has 5 fully saturated rings. The molecule has 11 heteroatoms. The number of ketones is 3. The van der Waals surface area contributed by atoms with Crippen LogP contribution in [0.25, 0.3) is 0 Å². The van der Waals surface area contributed by atoms with Gasteiger partial charge in [0, 0.05) is 37.3 Å². The number of Topliss-reactive ketones (excluding diaryl/α,β-unsaturated/α-hetero) is 3. The zero-order valence-corrected chi connectivity index (χ0v) is 21.9. The van der Waals surface area contributed by atoms with Crippen molar-refractivity contribution in [1.82, 2.24) is 0 Å². The second-order valence-corrected chi connectivity index (χ2v) is 12.0. The van der Waals surface area contributed by atoms with Gasteiger partial charge in [0.25, 0.3) is 0 Å². The molecular weight excluding hydrogens is 498 g/mol. The minimum Gasteiger partial charge on any atom is -0.392 e. The number of hydrogen-bond donors (Lipinski definition) is 5. The maximum atomic E-state index is 13.9. The van der Waals surface area contributed by atoms with Crippen LogP contribution in [0.1, 0.15) is 45.4 Å². The minimum absolute atomic E-state index is 0.155. The summed E-state index contributed by atoms with van der Waals surface area (Å²) in [7, 11) is 1.52. The van der Waals surface area contributed by atoms with Gasteiger partial charge in [-0.05, 0) is 38.5 Å². The van der Waals surface area contributed by atoms with E-state index >= 15 is 0 Å². The third kappa shape index (κ3) is 4.58. The molecule has 1 heterocycles. The summed E-state index contributed by atoms with van der Waals surface area (Å²) in [4.78, 5) is 40.2. The van der Waals surface area contributed by atoms with E-state index in [0.717, 1.165) is 6.42 Å². The molecule has 4 aliphatic carbocycles. The van der Waals surface area contributed by atoms with E-state index in [-0.39, 0.29) is 30.8 Å². The highest BCUT2D eigenvalue weighted by Crippen LogP contribution is 2.54. The first-order chi connectivity index (χ1) is 18.1. The van der Waals surface area contributed by atoms with Crippen molar-refractivity contribution in [2.24, 2.45) is 47.2 Å². The molecule has 0 aromatic heterocycles. The zero-order chi connectivity index (χ0) is 27.5. The molecule has 0 spiro atoms. The molecule has 15 unspecified atom stereocenters.